The Labute approximate surface area is 117 Å². The Balaban J connectivity index is 1.96. The molecule has 2 amide bonds. The zero-order valence-electron chi connectivity index (χ0n) is 9.63. The van der Waals surface area contributed by atoms with Gasteiger partial charge in [0.15, 0.2) is 0 Å². The third kappa shape index (κ3) is 3.59. The lowest BCUT2D eigenvalue weighted by molar-refractivity contribution is 0.0846. The van der Waals surface area contributed by atoms with Gasteiger partial charge in [-0.2, -0.15) is 0 Å². The summed E-state index contributed by atoms with van der Waals surface area (Å²) in [4.78, 5) is 31.1. The van der Waals surface area contributed by atoms with Gasteiger partial charge in [0.2, 0.25) is 0 Å². The highest BCUT2D eigenvalue weighted by Gasteiger charge is 2.09. The van der Waals surface area contributed by atoms with Crippen molar-refractivity contribution in [2.24, 2.45) is 0 Å². The molecule has 19 heavy (non-hydrogen) atoms. The highest BCUT2D eigenvalue weighted by atomic mass is 79.9. The van der Waals surface area contributed by atoms with E-state index < -0.39 is 11.8 Å². The van der Waals surface area contributed by atoms with E-state index in [-0.39, 0.29) is 0 Å². The average molecular weight is 321 g/mol. The Bertz CT molecular complexity index is 604. The molecule has 0 bridgehead atoms. The summed E-state index contributed by atoms with van der Waals surface area (Å²) in [6, 6.07) is 4.82. The van der Waals surface area contributed by atoms with Crippen LogP contribution in [0.4, 0.5) is 0 Å². The van der Waals surface area contributed by atoms with Crippen molar-refractivity contribution in [2.75, 3.05) is 0 Å². The molecule has 0 spiro atoms. The predicted molar refractivity (Wildman–Crippen MR) is 71.1 cm³/mol. The van der Waals surface area contributed by atoms with E-state index in [1.54, 1.807) is 30.6 Å². The number of pyridine rings is 2. The summed E-state index contributed by atoms with van der Waals surface area (Å²) in [6.07, 6.45) is 5.92. The van der Waals surface area contributed by atoms with Gasteiger partial charge in [-0.15, -0.1) is 0 Å². The molecule has 2 heterocycles. The van der Waals surface area contributed by atoms with Crippen molar-refractivity contribution in [3.05, 3.63) is 58.6 Å². The molecule has 0 unspecified atom stereocenters. The number of carbonyl (C=O) groups excluding carboxylic acids is 2. The molecule has 0 aliphatic rings. The molecule has 0 fully saturated rings. The summed E-state index contributed by atoms with van der Waals surface area (Å²) in [5.41, 5.74) is 5.28. The molecule has 0 aromatic carbocycles. The minimum atomic E-state index is -0.453. The Morgan fingerprint density at radius 3 is 2.32 bits per heavy atom. The molecular weight excluding hydrogens is 312 g/mol. The molecule has 0 aliphatic heterocycles. The molecule has 7 heteroatoms. The van der Waals surface area contributed by atoms with E-state index in [1.165, 1.54) is 12.4 Å². The molecule has 2 rings (SSSR count). The second-order valence-electron chi connectivity index (χ2n) is 3.54. The molecular formula is C12H9BrN4O2. The van der Waals surface area contributed by atoms with Crippen molar-refractivity contribution >= 4 is 27.7 Å². The topological polar surface area (TPSA) is 84.0 Å². The number of amides is 2. The lowest BCUT2D eigenvalue weighted by atomic mass is 10.3. The summed E-state index contributed by atoms with van der Waals surface area (Å²) in [7, 11) is 0. The van der Waals surface area contributed by atoms with Crippen LogP contribution in [0.15, 0.2) is 47.5 Å². The van der Waals surface area contributed by atoms with Crippen LogP contribution in [0.5, 0.6) is 0 Å². The van der Waals surface area contributed by atoms with Crippen LogP contribution in [0, 0.1) is 0 Å². The van der Waals surface area contributed by atoms with Gasteiger partial charge < -0.3 is 0 Å². The minimum Gasteiger partial charge on any atom is -0.267 e. The first-order chi connectivity index (χ1) is 9.16. The third-order valence-electron chi connectivity index (χ3n) is 2.18. The van der Waals surface area contributed by atoms with Crippen molar-refractivity contribution in [1.82, 2.24) is 20.8 Å². The lowest BCUT2D eigenvalue weighted by Gasteiger charge is -2.06. The zero-order chi connectivity index (χ0) is 13.7. The van der Waals surface area contributed by atoms with Gasteiger partial charge in [0, 0.05) is 29.3 Å². The number of rotatable bonds is 2. The van der Waals surface area contributed by atoms with Gasteiger partial charge in [-0.1, -0.05) is 0 Å². The van der Waals surface area contributed by atoms with E-state index in [1.807, 2.05) is 0 Å². The van der Waals surface area contributed by atoms with E-state index in [9.17, 15) is 9.59 Å². The zero-order valence-corrected chi connectivity index (χ0v) is 11.2. The Hall–Kier alpha value is -2.28. The summed E-state index contributed by atoms with van der Waals surface area (Å²) < 4.78 is 0.679. The number of hydrazine groups is 1. The number of hydrogen-bond donors (Lipinski definition) is 2. The van der Waals surface area contributed by atoms with Crippen LogP contribution < -0.4 is 10.9 Å². The number of nitrogens with one attached hydrogen (secondary N) is 2. The minimum absolute atomic E-state index is 0.334. The van der Waals surface area contributed by atoms with Crippen molar-refractivity contribution in [1.29, 1.82) is 0 Å². The van der Waals surface area contributed by atoms with Crippen LogP contribution in [-0.4, -0.2) is 21.8 Å². The summed E-state index contributed by atoms with van der Waals surface area (Å²) in [5, 5.41) is 0. The highest BCUT2D eigenvalue weighted by Crippen LogP contribution is 2.09. The summed E-state index contributed by atoms with van der Waals surface area (Å²) >= 11 is 3.21. The summed E-state index contributed by atoms with van der Waals surface area (Å²) in [6.45, 7) is 0. The molecule has 2 aromatic rings. The van der Waals surface area contributed by atoms with E-state index in [2.05, 4.69) is 36.7 Å². The molecule has 96 valence electrons. The number of carbonyl (C=O) groups is 2. The molecule has 2 N–H and O–H groups in total. The van der Waals surface area contributed by atoms with Crippen LogP contribution in [0.3, 0.4) is 0 Å². The molecule has 0 radical (unpaired) electrons. The van der Waals surface area contributed by atoms with Gasteiger partial charge in [0.1, 0.15) is 0 Å². The van der Waals surface area contributed by atoms with E-state index >= 15 is 0 Å². The largest absolute Gasteiger partial charge is 0.271 e. The van der Waals surface area contributed by atoms with Crippen LogP contribution in [-0.2, 0) is 0 Å². The third-order valence-corrected chi connectivity index (χ3v) is 2.61. The first-order valence-corrected chi connectivity index (χ1v) is 6.07. The quantitative estimate of drug-likeness (QED) is 0.817. The van der Waals surface area contributed by atoms with Gasteiger partial charge in [-0.25, -0.2) is 0 Å². The summed E-state index contributed by atoms with van der Waals surface area (Å²) in [5.74, 6) is -0.893. The second kappa shape index (κ2) is 6.05. The normalized spacial score (nSPS) is 9.74. The number of halogens is 1. The fraction of sp³-hybridized carbons (Fsp3) is 0. The van der Waals surface area contributed by atoms with E-state index in [0.717, 1.165) is 0 Å². The lowest BCUT2D eigenvalue weighted by Crippen LogP contribution is -2.41. The second-order valence-corrected chi connectivity index (χ2v) is 4.46. The smallest absolute Gasteiger partial charge is 0.267 e. The van der Waals surface area contributed by atoms with Gasteiger partial charge in [-0.05, 0) is 34.1 Å². The fourth-order valence-corrected chi connectivity index (χ4v) is 1.66. The molecule has 2 aromatic heterocycles. The Morgan fingerprint density at radius 2 is 1.68 bits per heavy atom. The van der Waals surface area contributed by atoms with Crippen molar-refractivity contribution < 1.29 is 9.59 Å². The molecule has 0 saturated heterocycles. The van der Waals surface area contributed by atoms with Crippen molar-refractivity contribution in [3.8, 4) is 0 Å². The fourth-order valence-electron chi connectivity index (χ4n) is 1.29. The van der Waals surface area contributed by atoms with Gasteiger partial charge >= 0.3 is 0 Å². The van der Waals surface area contributed by atoms with Gasteiger partial charge in [0.05, 0.1) is 11.1 Å². The molecule has 0 saturated carbocycles. The van der Waals surface area contributed by atoms with Crippen molar-refractivity contribution in [2.45, 2.75) is 0 Å². The van der Waals surface area contributed by atoms with Crippen LogP contribution in [0.2, 0.25) is 0 Å². The number of hydrogen-bond acceptors (Lipinski definition) is 4. The van der Waals surface area contributed by atoms with E-state index in [0.29, 0.717) is 15.6 Å². The van der Waals surface area contributed by atoms with Gasteiger partial charge in [-0.3, -0.25) is 30.4 Å². The predicted octanol–water partition coefficient (Wildman–Crippen LogP) is 1.31. The monoisotopic (exact) mass is 320 g/mol. The standard InChI is InChI=1S/C12H9BrN4O2/c13-10-4-9(6-15-7-10)12(19)17-16-11(18)8-2-1-3-14-5-8/h1-7H,(H,16,18)(H,17,19). The van der Waals surface area contributed by atoms with Crippen LogP contribution in [0.1, 0.15) is 20.7 Å². The van der Waals surface area contributed by atoms with E-state index in [4.69, 9.17) is 0 Å². The maximum atomic E-state index is 11.7. The first-order valence-electron chi connectivity index (χ1n) is 5.28. The molecule has 6 nitrogen and oxygen atoms in total. The Kier molecular flexibility index (Phi) is 4.19. The maximum absolute atomic E-state index is 11.7. The molecule has 0 atom stereocenters. The first kappa shape index (κ1) is 13.2. The number of nitrogens with zero attached hydrogens (tertiary/aromatic N) is 2. The molecule has 0 aliphatic carbocycles. The highest BCUT2D eigenvalue weighted by molar-refractivity contribution is 9.10. The average Bonchev–Trinajstić information content (AvgIpc) is 2.45. The van der Waals surface area contributed by atoms with Crippen molar-refractivity contribution in [3.63, 3.8) is 0 Å². The van der Waals surface area contributed by atoms with Crippen LogP contribution >= 0.6 is 15.9 Å². The Morgan fingerprint density at radius 1 is 1.00 bits per heavy atom. The number of aromatic nitrogens is 2. The maximum Gasteiger partial charge on any atom is 0.271 e. The SMILES string of the molecule is O=C(NNC(=O)c1cncc(Br)c1)c1cccnc1. The van der Waals surface area contributed by atoms with Gasteiger partial charge in [0.25, 0.3) is 11.8 Å². The van der Waals surface area contributed by atoms with Crippen LogP contribution in [0.25, 0.3) is 0 Å².